The Labute approximate surface area is 92.6 Å². The summed E-state index contributed by atoms with van der Waals surface area (Å²) in [5, 5.41) is 8.66. The van der Waals surface area contributed by atoms with Crippen molar-refractivity contribution in [1.82, 2.24) is 0 Å². The van der Waals surface area contributed by atoms with E-state index in [4.69, 9.17) is 14.6 Å². The number of carboxylic acid groups (broad SMARTS) is 1. The van der Waals surface area contributed by atoms with Crippen LogP contribution in [-0.4, -0.2) is 31.6 Å². The van der Waals surface area contributed by atoms with Gasteiger partial charge in [-0.3, -0.25) is 9.59 Å². The summed E-state index contributed by atoms with van der Waals surface area (Å²) in [7, 11) is 2.85. The second-order valence-corrected chi connectivity index (χ2v) is 3.11. The number of aliphatic carboxylic acids is 1. The van der Waals surface area contributed by atoms with Crippen LogP contribution >= 0.6 is 0 Å². The summed E-state index contributed by atoms with van der Waals surface area (Å²) in [6, 6.07) is 3.02. The molecule has 5 heteroatoms. The van der Waals surface area contributed by atoms with Crippen LogP contribution in [0.15, 0.2) is 12.1 Å². The topological polar surface area (TPSA) is 72.8 Å². The van der Waals surface area contributed by atoms with Crippen molar-refractivity contribution in [1.29, 1.82) is 0 Å². The van der Waals surface area contributed by atoms with E-state index in [2.05, 4.69) is 0 Å². The molecule has 0 amide bonds. The highest BCUT2D eigenvalue weighted by Crippen LogP contribution is 2.31. The summed E-state index contributed by atoms with van der Waals surface area (Å²) >= 11 is 0. The first-order valence-electron chi connectivity index (χ1n) is 4.54. The van der Waals surface area contributed by atoms with Crippen LogP contribution < -0.4 is 9.47 Å². The van der Waals surface area contributed by atoms with Gasteiger partial charge in [-0.25, -0.2) is 0 Å². The highest BCUT2D eigenvalue weighted by Gasteiger charge is 2.13. The fraction of sp³-hybridized carbons (Fsp3) is 0.273. The van der Waals surface area contributed by atoms with Crippen molar-refractivity contribution in [3.63, 3.8) is 0 Å². The van der Waals surface area contributed by atoms with E-state index in [1.54, 1.807) is 6.07 Å². The van der Waals surface area contributed by atoms with Gasteiger partial charge in [0.1, 0.15) is 0 Å². The Morgan fingerprint density at radius 3 is 2.50 bits per heavy atom. The van der Waals surface area contributed by atoms with Crippen LogP contribution in [0.1, 0.15) is 15.9 Å². The highest BCUT2D eigenvalue weighted by molar-refractivity contribution is 5.82. The quantitative estimate of drug-likeness (QED) is 0.759. The van der Waals surface area contributed by atoms with Gasteiger partial charge in [-0.05, 0) is 17.7 Å². The number of carboxylic acids is 1. The zero-order valence-corrected chi connectivity index (χ0v) is 9.02. The number of hydrogen-bond acceptors (Lipinski definition) is 4. The van der Waals surface area contributed by atoms with Crippen molar-refractivity contribution in [2.75, 3.05) is 14.2 Å². The van der Waals surface area contributed by atoms with Crippen molar-refractivity contribution >= 4 is 12.3 Å². The van der Waals surface area contributed by atoms with Gasteiger partial charge in [0.2, 0.25) is 0 Å². The summed E-state index contributed by atoms with van der Waals surface area (Å²) in [4.78, 5) is 21.4. The molecule has 0 aromatic heterocycles. The van der Waals surface area contributed by atoms with Crippen LogP contribution in [0.4, 0.5) is 0 Å². The summed E-state index contributed by atoms with van der Waals surface area (Å²) in [5.41, 5.74) is 0.769. The van der Waals surface area contributed by atoms with E-state index < -0.39 is 5.97 Å². The minimum atomic E-state index is -0.968. The minimum Gasteiger partial charge on any atom is -0.493 e. The van der Waals surface area contributed by atoms with E-state index in [1.807, 2.05) is 0 Å². The molecule has 0 heterocycles. The van der Waals surface area contributed by atoms with E-state index in [0.717, 1.165) is 0 Å². The number of ether oxygens (including phenoxy) is 2. The Morgan fingerprint density at radius 1 is 1.38 bits per heavy atom. The van der Waals surface area contributed by atoms with Crippen LogP contribution in [0.5, 0.6) is 11.5 Å². The maximum atomic E-state index is 10.8. The molecule has 5 nitrogen and oxygen atoms in total. The molecular weight excluding hydrogens is 212 g/mol. The lowest BCUT2D eigenvalue weighted by Crippen LogP contribution is -2.03. The van der Waals surface area contributed by atoms with Crippen LogP contribution in [0.3, 0.4) is 0 Å². The lowest BCUT2D eigenvalue weighted by atomic mass is 10.1. The van der Waals surface area contributed by atoms with E-state index in [0.29, 0.717) is 23.3 Å². The first-order chi connectivity index (χ1) is 7.62. The maximum Gasteiger partial charge on any atom is 0.307 e. The fourth-order valence-electron chi connectivity index (χ4n) is 1.42. The number of benzene rings is 1. The van der Waals surface area contributed by atoms with E-state index >= 15 is 0 Å². The molecule has 0 aliphatic heterocycles. The van der Waals surface area contributed by atoms with Crippen LogP contribution in [0, 0.1) is 0 Å². The SMILES string of the molecule is COc1cc(CC(=O)O)cc(C=O)c1OC. The summed E-state index contributed by atoms with van der Waals surface area (Å²) in [6.07, 6.45) is 0.438. The van der Waals surface area contributed by atoms with Crippen molar-refractivity contribution in [3.8, 4) is 11.5 Å². The van der Waals surface area contributed by atoms with Gasteiger partial charge in [0.25, 0.3) is 0 Å². The number of aldehydes is 1. The molecule has 0 aliphatic rings. The molecule has 0 atom stereocenters. The maximum absolute atomic E-state index is 10.8. The fourth-order valence-corrected chi connectivity index (χ4v) is 1.42. The summed E-state index contributed by atoms with van der Waals surface area (Å²) < 4.78 is 10.0. The Hall–Kier alpha value is -2.04. The molecule has 0 radical (unpaired) electrons. The predicted molar refractivity (Wildman–Crippen MR) is 56.3 cm³/mol. The number of carbonyl (C=O) groups is 2. The van der Waals surface area contributed by atoms with Crippen LogP contribution in [0.25, 0.3) is 0 Å². The van der Waals surface area contributed by atoms with Gasteiger partial charge < -0.3 is 14.6 Å². The molecule has 1 rings (SSSR count). The third-order valence-electron chi connectivity index (χ3n) is 2.05. The van der Waals surface area contributed by atoms with E-state index in [1.165, 1.54) is 20.3 Å². The van der Waals surface area contributed by atoms with Gasteiger partial charge in [-0.2, -0.15) is 0 Å². The van der Waals surface area contributed by atoms with E-state index in [9.17, 15) is 9.59 Å². The number of methoxy groups -OCH3 is 2. The number of carbonyl (C=O) groups excluding carboxylic acids is 1. The van der Waals surface area contributed by atoms with Crippen molar-refractivity contribution in [2.45, 2.75) is 6.42 Å². The van der Waals surface area contributed by atoms with E-state index in [-0.39, 0.29) is 12.0 Å². The summed E-state index contributed by atoms with van der Waals surface area (Å²) in [6.45, 7) is 0. The summed E-state index contributed by atoms with van der Waals surface area (Å²) in [5.74, 6) is -0.306. The molecule has 16 heavy (non-hydrogen) atoms. The molecule has 0 saturated carbocycles. The molecular formula is C11H12O5. The number of rotatable bonds is 5. The average molecular weight is 224 g/mol. The molecule has 1 aromatic rings. The highest BCUT2D eigenvalue weighted by atomic mass is 16.5. The predicted octanol–water partition coefficient (Wildman–Crippen LogP) is 1.14. The normalized spacial score (nSPS) is 9.62. The van der Waals surface area contributed by atoms with Gasteiger partial charge in [0.05, 0.1) is 26.2 Å². The van der Waals surface area contributed by atoms with Gasteiger partial charge in [-0.1, -0.05) is 0 Å². The first kappa shape index (κ1) is 12.0. The Bertz CT molecular complexity index is 411. The molecule has 0 unspecified atom stereocenters. The zero-order chi connectivity index (χ0) is 12.1. The average Bonchev–Trinajstić information content (AvgIpc) is 2.26. The molecule has 0 fully saturated rings. The molecule has 0 saturated heterocycles. The van der Waals surface area contributed by atoms with Crippen molar-refractivity contribution in [3.05, 3.63) is 23.3 Å². The third-order valence-corrected chi connectivity index (χ3v) is 2.05. The molecule has 0 bridgehead atoms. The van der Waals surface area contributed by atoms with Gasteiger partial charge >= 0.3 is 5.97 Å². The Balaban J connectivity index is 3.25. The molecule has 0 spiro atoms. The third kappa shape index (κ3) is 2.50. The van der Waals surface area contributed by atoms with Crippen LogP contribution in [-0.2, 0) is 11.2 Å². The van der Waals surface area contributed by atoms with Crippen molar-refractivity contribution in [2.24, 2.45) is 0 Å². The van der Waals surface area contributed by atoms with Crippen LogP contribution in [0.2, 0.25) is 0 Å². The number of hydrogen-bond donors (Lipinski definition) is 1. The smallest absolute Gasteiger partial charge is 0.307 e. The second kappa shape index (κ2) is 5.16. The van der Waals surface area contributed by atoms with Gasteiger partial charge in [0, 0.05) is 0 Å². The van der Waals surface area contributed by atoms with Crippen molar-refractivity contribution < 1.29 is 24.2 Å². The molecule has 1 aromatic carbocycles. The first-order valence-corrected chi connectivity index (χ1v) is 4.54. The lowest BCUT2D eigenvalue weighted by molar-refractivity contribution is -0.136. The monoisotopic (exact) mass is 224 g/mol. The molecule has 86 valence electrons. The minimum absolute atomic E-state index is 0.165. The standard InChI is InChI=1S/C11H12O5/c1-15-9-4-7(5-10(13)14)3-8(6-12)11(9)16-2/h3-4,6H,5H2,1-2H3,(H,13,14). The van der Waals surface area contributed by atoms with Gasteiger partial charge in [-0.15, -0.1) is 0 Å². The molecule has 1 N–H and O–H groups in total. The lowest BCUT2D eigenvalue weighted by Gasteiger charge is -2.11. The second-order valence-electron chi connectivity index (χ2n) is 3.11. The van der Waals surface area contributed by atoms with Gasteiger partial charge in [0.15, 0.2) is 17.8 Å². The largest absolute Gasteiger partial charge is 0.493 e. The Morgan fingerprint density at radius 2 is 2.06 bits per heavy atom. The zero-order valence-electron chi connectivity index (χ0n) is 9.02. The molecule has 0 aliphatic carbocycles. The Kier molecular flexibility index (Phi) is 3.88.